The summed E-state index contributed by atoms with van der Waals surface area (Å²) in [5.41, 5.74) is 0. The van der Waals surface area contributed by atoms with Gasteiger partial charge in [0.05, 0.1) is 5.92 Å². The summed E-state index contributed by atoms with van der Waals surface area (Å²) in [6.07, 6.45) is -2.14. The molecule has 1 unspecified atom stereocenters. The molecular formula is C17H28F3NO2. The van der Waals surface area contributed by atoms with E-state index < -0.39 is 18.0 Å². The zero-order valence-corrected chi connectivity index (χ0v) is 14.4. The lowest BCUT2D eigenvalue weighted by Crippen LogP contribution is -2.32. The van der Waals surface area contributed by atoms with Crippen LogP contribution >= 0.6 is 0 Å². The molecule has 2 amide bonds. The third-order valence-electron chi connectivity index (χ3n) is 4.71. The van der Waals surface area contributed by atoms with E-state index in [0.29, 0.717) is 25.8 Å². The van der Waals surface area contributed by atoms with Gasteiger partial charge < -0.3 is 0 Å². The summed E-state index contributed by atoms with van der Waals surface area (Å²) in [7, 11) is 0. The third kappa shape index (κ3) is 5.50. The third-order valence-corrected chi connectivity index (χ3v) is 4.71. The van der Waals surface area contributed by atoms with E-state index in [-0.39, 0.29) is 36.5 Å². The maximum absolute atomic E-state index is 12.8. The predicted molar refractivity (Wildman–Crippen MR) is 82.5 cm³/mol. The van der Waals surface area contributed by atoms with Crippen molar-refractivity contribution >= 4 is 11.8 Å². The van der Waals surface area contributed by atoms with Crippen molar-refractivity contribution in [2.24, 2.45) is 23.7 Å². The Morgan fingerprint density at radius 3 is 2.13 bits per heavy atom. The Morgan fingerprint density at radius 1 is 1.09 bits per heavy atom. The number of imide groups is 1. The molecule has 0 N–H and O–H groups in total. The molecule has 1 rings (SSSR count). The molecule has 3 nitrogen and oxygen atoms in total. The molecule has 23 heavy (non-hydrogen) atoms. The number of carbonyl (C=O) groups is 2. The molecule has 1 heterocycles. The van der Waals surface area contributed by atoms with E-state index in [1.807, 2.05) is 13.8 Å². The maximum Gasteiger partial charge on any atom is 0.392 e. The number of nitrogens with zero attached hydrogens (tertiary/aromatic N) is 1. The second-order valence-corrected chi connectivity index (χ2v) is 7.18. The zero-order chi connectivity index (χ0) is 17.8. The maximum atomic E-state index is 12.8. The molecule has 2 atom stereocenters. The van der Waals surface area contributed by atoms with Crippen LogP contribution in [0, 0.1) is 23.7 Å². The molecule has 0 saturated carbocycles. The molecule has 0 aromatic rings. The first-order valence-electron chi connectivity index (χ1n) is 8.46. The molecule has 0 bridgehead atoms. The molecule has 134 valence electrons. The minimum Gasteiger partial charge on any atom is -0.282 e. The van der Waals surface area contributed by atoms with Gasteiger partial charge in [0.2, 0.25) is 11.8 Å². The van der Waals surface area contributed by atoms with Crippen LogP contribution in [-0.2, 0) is 9.59 Å². The van der Waals surface area contributed by atoms with Crippen LogP contribution in [0.1, 0.15) is 59.8 Å². The Morgan fingerprint density at radius 2 is 1.70 bits per heavy atom. The monoisotopic (exact) mass is 335 g/mol. The molecule has 1 fully saturated rings. The Bertz CT molecular complexity index is 419. The van der Waals surface area contributed by atoms with Gasteiger partial charge in [0.1, 0.15) is 0 Å². The highest BCUT2D eigenvalue weighted by Crippen LogP contribution is 2.35. The van der Waals surface area contributed by atoms with Crippen molar-refractivity contribution in [3.8, 4) is 0 Å². The van der Waals surface area contributed by atoms with Crippen molar-refractivity contribution in [2.75, 3.05) is 6.54 Å². The van der Waals surface area contributed by atoms with Crippen LogP contribution in [0.5, 0.6) is 0 Å². The number of hydrogen-bond acceptors (Lipinski definition) is 2. The van der Waals surface area contributed by atoms with Crippen molar-refractivity contribution in [1.82, 2.24) is 4.90 Å². The van der Waals surface area contributed by atoms with E-state index in [1.165, 1.54) is 4.90 Å². The topological polar surface area (TPSA) is 37.4 Å². The summed E-state index contributed by atoms with van der Waals surface area (Å²) < 4.78 is 38.5. The van der Waals surface area contributed by atoms with Crippen LogP contribution in [0.2, 0.25) is 0 Å². The SMILES string of the molecule is CC(C)C1CC(=O)N(CCCCC[C@H](C(C)C)C(F)(F)F)C1=O. The predicted octanol–water partition coefficient (Wildman–Crippen LogP) is 4.41. The van der Waals surface area contributed by atoms with Gasteiger partial charge in [0.25, 0.3) is 0 Å². The number of hydrogen-bond donors (Lipinski definition) is 0. The molecule has 0 aromatic heterocycles. The van der Waals surface area contributed by atoms with E-state index in [2.05, 4.69) is 0 Å². The minimum atomic E-state index is -4.15. The molecule has 1 saturated heterocycles. The van der Waals surface area contributed by atoms with E-state index in [9.17, 15) is 22.8 Å². The van der Waals surface area contributed by atoms with Gasteiger partial charge in [-0.3, -0.25) is 14.5 Å². The van der Waals surface area contributed by atoms with Crippen molar-refractivity contribution < 1.29 is 22.8 Å². The number of carbonyl (C=O) groups excluding carboxylic acids is 2. The highest BCUT2D eigenvalue weighted by atomic mass is 19.4. The van der Waals surface area contributed by atoms with Crippen molar-refractivity contribution in [2.45, 2.75) is 66.0 Å². The van der Waals surface area contributed by atoms with Crippen LogP contribution in [0.15, 0.2) is 0 Å². The van der Waals surface area contributed by atoms with Gasteiger partial charge in [-0.2, -0.15) is 13.2 Å². The average Bonchev–Trinajstić information content (AvgIpc) is 2.68. The molecule has 0 aliphatic carbocycles. The standard InChI is InChI=1S/C17H28F3NO2/c1-11(2)13-10-15(22)21(16(13)23)9-7-5-6-8-14(12(3)4)17(18,19)20/h11-14H,5-10H2,1-4H3/t13?,14-/m1/s1. The van der Waals surface area contributed by atoms with Gasteiger partial charge in [-0.1, -0.05) is 40.5 Å². The van der Waals surface area contributed by atoms with Crippen LogP contribution in [-0.4, -0.2) is 29.4 Å². The molecule has 1 aliphatic heterocycles. The lowest BCUT2D eigenvalue weighted by atomic mass is 9.90. The van der Waals surface area contributed by atoms with Crippen LogP contribution in [0.25, 0.3) is 0 Å². The first-order chi connectivity index (χ1) is 10.6. The number of alkyl halides is 3. The van der Waals surface area contributed by atoms with E-state index in [4.69, 9.17) is 0 Å². The van der Waals surface area contributed by atoms with E-state index >= 15 is 0 Å². The van der Waals surface area contributed by atoms with Gasteiger partial charge in [-0.15, -0.1) is 0 Å². The molecule has 6 heteroatoms. The molecule has 0 radical (unpaired) electrons. The number of amides is 2. The fourth-order valence-electron chi connectivity index (χ4n) is 3.15. The van der Waals surface area contributed by atoms with Crippen molar-refractivity contribution in [3.63, 3.8) is 0 Å². The summed E-state index contributed by atoms with van der Waals surface area (Å²) >= 11 is 0. The van der Waals surface area contributed by atoms with Gasteiger partial charge >= 0.3 is 6.18 Å². The first-order valence-corrected chi connectivity index (χ1v) is 8.46. The fraction of sp³-hybridized carbons (Fsp3) is 0.882. The van der Waals surface area contributed by atoms with Crippen LogP contribution < -0.4 is 0 Å². The Kier molecular flexibility index (Phi) is 7.08. The fourth-order valence-corrected chi connectivity index (χ4v) is 3.15. The Balaban J connectivity index is 2.35. The summed E-state index contributed by atoms with van der Waals surface area (Å²) in [6.45, 7) is 7.35. The summed E-state index contributed by atoms with van der Waals surface area (Å²) in [6, 6.07) is 0. The number of halogens is 3. The zero-order valence-electron chi connectivity index (χ0n) is 14.4. The number of likely N-dealkylation sites (tertiary alicyclic amines) is 1. The summed E-state index contributed by atoms with van der Waals surface area (Å²) in [5, 5.41) is 0. The lowest BCUT2D eigenvalue weighted by Gasteiger charge is -2.23. The Labute approximate surface area is 136 Å². The largest absolute Gasteiger partial charge is 0.392 e. The first kappa shape index (κ1) is 20.0. The quantitative estimate of drug-likeness (QED) is 0.487. The van der Waals surface area contributed by atoms with Crippen molar-refractivity contribution in [3.05, 3.63) is 0 Å². The van der Waals surface area contributed by atoms with Crippen LogP contribution in [0.3, 0.4) is 0 Å². The summed E-state index contributed by atoms with van der Waals surface area (Å²) in [4.78, 5) is 25.2. The molecule has 1 aliphatic rings. The van der Waals surface area contributed by atoms with E-state index in [1.54, 1.807) is 13.8 Å². The smallest absolute Gasteiger partial charge is 0.282 e. The van der Waals surface area contributed by atoms with Crippen LogP contribution in [0.4, 0.5) is 13.2 Å². The van der Waals surface area contributed by atoms with Gasteiger partial charge in [-0.05, 0) is 24.7 Å². The van der Waals surface area contributed by atoms with Gasteiger partial charge in [-0.25, -0.2) is 0 Å². The molecular weight excluding hydrogens is 307 g/mol. The summed E-state index contributed by atoms with van der Waals surface area (Å²) in [5.74, 6) is -2.08. The molecule has 0 spiro atoms. The average molecular weight is 335 g/mol. The van der Waals surface area contributed by atoms with E-state index in [0.717, 1.165) is 0 Å². The highest BCUT2D eigenvalue weighted by Gasteiger charge is 2.41. The highest BCUT2D eigenvalue weighted by molar-refractivity contribution is 6.03. The lowest BCUT2D eigenvalue weighted by molar-refractivity contribution is -0.187. The minimum absolute atomic E-state index is 0.109. The van der Waals surface area contributed by atoms with Gasteiger partial charge in [0.15, 0.2) is 0 Å². The second kappa shape index (κ2) is 8.15. The molecule has 0 aromatic carbocycles. The Hall–Kier alpha value is -1.07. The second-order valence-electron chi connectivity index (χ2n) is 7.18. The van der Waals surface area contributed by atoms with Gasteiger partial charge in [0, 0.05) is 18.9 Å². The number of rotatable bonds is 8. The van der Waals surface area contributed by atoms with Crippen molar-refractivity contribution in [1.29, 1.82) is 0 Å². The number of unbranched alkanes of at least 4 members (excludes halogenated alkanes) is 2. The normalized spacial score (nSPS) is 20.9.